The highest BCUT2D eigenvalue weighted by molar-refractivity contribution is 5.77. The van der Waals surface area contributed by atoms with Crippen LogP contribution < -0.4 is 5.32 Å². The van der Waals surface area contributed by atoms with E-state index < -0.39 is 17.8 Å². The second-order valence-electron chi connectivity index (χ2n) is 3.57. The second kappa shape index (κ2) is 4.72. The standard InChI is InChI=1S/C10H13FN2O2/c1-6(2)9(10(14)15)13-8-4-3-7(11)5-12-8/h3-6,9H,1-2H3,(H,12,13)(H,14,15)/t9-/m0/s1. The molecule has 1 heterocycles. The first-order chi connectivity index (χ1) is 7.00. The van der Waals surface area contributed by atoms with Gasteiger partial charge in [-0.2, -0.15) is 0 Å². The molecule has 82 valence electrons. The maximum atomic E-state index is 12.5. The van der Waals surface area contributed by atoms with E-state index in [1.165, 1.54) is 12.1 Å². The highest BCUT2D eigenvalue weighted by Gasteiger charge is 2.21. The van der Waals surface area contributed by atoms with Crippen LogP contribution in [-0.2, 0) is 4.79 Å². The summed E-state index contributed by atoms with van der Waals surface area (Å²) in [7, 11) is 0. The summed E-state index contributed by atoms with van der Waals surface area (Å²) < 4.78 is 12.5. The normalized spacial score (nSPS) is 12.5. The maximum Gasteiger partial charge on any atom is 0.326 e. The summed E-state index contributed by atoms with van der Waals surface area (Å²) >= 11 is 0. The number of rotatable bonds is 4. The van der Waals surface area contributed by atoms with Crippen LogP contribution in [0, 0.1) is 11.7 Å². The SMILES string of the molecule is CC(C)[C@H](Nc1ccc(F)cn1)C(=O)O. The van der Waals surface area contributed by atoms with Gasteiger partial charge in [0.05, 0.1) is 6.20 Å². The van der Waals surface area contributed by atoms with Crippen LogP contribution in [0.25, 0.3) is 0 Å². The lowest BCUT2D eigenvalue weighted by Crippen LogP contribution is -2.34. The number of carboxylic acid groups (broad SMARTS) is 1. The number of carbonyl (C=O) groups is 1. The monoisotopic (exact) mass is 212 g/mol. The molecule has 4 nitrogen and oxygen atoms in total. The molecule has 15 heavy (non-hydrogen) atoms. The van der Waals surface area contributed by atoms with E-state index in [9.17, 15) is 9.18 Å². The van der Waals surface area contributed by atoms with Crippen LogP contribution in [0.2, 0.25) is 0 Å². The lowest BCUT2D eigenvalue weighted by molar-refractivity contribution is -0.138. The molecule has 1 aromatic heterocycles. The van der Waals surface area contributed by atoms with Gasteiger partial charge < -0.3 is 10.4 Å². The van der Waals surface area contributed by atoms with Crippen molar-refractivity contribution in [1.82, 2.24) is 4.98 Å². The van der Waals surface area contributed by atoms with Gasteiger partial charge >= 0.3 is 5.97 Å². The topological polar surface area (TPSA) is 62.2 Å². The number of anilines is 1. The molecule has 0 fully saturated rings. The highest BCUT2D eigenvalue weighted by Crippen LogP contribution is 2.10. The molecule has 1 aromatic rings. The first-order valence-corrected chi connectivity index (χ1v) is 4.61. The summed E-state index contributed by atoms with van der Waals surface area (Å²) in [6, 6.07) is 1.92. The van der Waals surface area contributed by atoms with Crippen LogP contribution in [0.15, 0.2) is 18.3 Å². The maximum absolute atomic E-state index is 12.5. The van der Waals surface area contributed by atoms with Gasteiger partial charge in [-0.05, 0) is 18.1 Å². The molecule has 1 rings (SSSR count). The van der Waals surface area contributed by atoms with E-state index >= 15 is 0 Å². The number of nitrogens with zero attached hydrogens (tertiary/aromatic N) is 1. The average Bonchev–Trinajstić information content (AvgIpc) is 2.15. The fourth-order valence-electron chi connectivity index (χ4n) is 1.13. The quantitative estimate of drug-likeness (QED) is 0.798. The molecule has 0 aliphatic rings. The number of carboxylic acids is 1. The molecule has 0 unspecified atom stereocenters. The number of aliphatic carboxylic acids is 1. The van der Waals surface area contributed by atoms with Crippen molar-refractivity contribution in [2.45, 2.75) is 19.9 Å². The molecule has 0 radical (unpaired) electrons. The van der Waals surface area contributed by atoms with Gasteiger partial charge in [-0.1, -0.05) is 13.8 Å². The van der Waals surface area contributed by atoms with E-state index in [-0.39, 0.29) is 5.92 Å². The predicted octanol–water partition coefficient (Wildman–Crippen LogP) is 1.74. The molecule has 0 aliphatic heterocycles. The molecule has 0 saturated heterocycles. The lowest BCUT2D eigenvalue weighted by atomic mass is 10.1. The van der Waals surface area contributed by atoms with Crippen LogP contribution >= 0.6 is 0 Å². The molecule has 0 amide bonds. The van der Waals surface area contributed by atoms with E-state index in [2.05, 4.69) is 10.3 Å². The van der Waals surface area contributed by atoms with E-state index in [4.69, 9.17) is 5.11 Å². The largest absolute Gasteiger partial charge is 0.480 e. The lowest BCUT2D eigenvalue weighted by Gasteiger charge is -2.18. The molecule has 2 N–H and O–H groups in total. The Hall–Kier alpha value is -1.65. The minimum absolute atomic E-state index is 0.0747. The minimum Gasteiger partial charge on any atom is -0.480 e. The van der Waals surface area contributed by atoms with Crippen molar-refractivity contribution in [3.63, 3.8) is 0 Å². The molecule has 1 atom stereocenters. The molecule has 0 aliphatic carbocycles. The fourth-order valence-corrected chi connectivity index (χ4v) is 1.13. The zero-order valence-corrected chi connectivity index (χ0v) is 8.57. The van der Waals surface area contributed by atoms with Crippen molar-refractivity contribution < 1.29 is 14.3 Å². The van der Waals surface area contributed by atoms with E-state index in [0.717, 1.165) is 6.20 Å². The van der Waals surface area contributed by atoms with Crippen LogP contribution in [0.4, 0.5) is 10.2 Å². The Bertz CT molecular complexity index is 338. The Labute approximate surface area is 87.1 Å². The molecule has 0 spiro atoms. The van der Waals surface area contributed by atoms with Crippen LogP contribution in [0.1, 0.15) is 13.8 Å². The van der Waals surface area contributed by atoms with Crippen LogP contribution in [0.5, 0.6) is 0 Å². The van der Waals surface area contributed by atoms with Crippen molar-refractivity contribution in [2.24, 2.45) is 5.92 Å². The number of hydrogen-bond donors (Lipinski definition) is 2. The van der Waals surface area contributed by atoms with Crippen molar-refractivity contribution in [3.05, 3.63) is 24.1 Å². The zero-order valence-electron chi connectivity index (χ0n) is 8.57. The van der Waals surface area contributed by atoms with E-state index in [1.54, 1.807) is 13.8 Å². The summed E-state index contributed by atoms with van der Waals surface area (Å²) in [5, 5.41) is 11.6. The van der Waals surface area contributed by atoms with Crippen molar-refractivity contribution in [2.75, 3.05) is 5.32 Å². The number of nitrogens with one attached hydrogen (secondary N) is 1. The third kappa shape index (κ3) is 3.19. The molecule has 0 aromatic carbocycles. The average molecular weight is 212 g/mol. The van der Waals surface area contributed by atoms with Crippen LogP contribution in [-0.4, -0.2) is 22.1 Å². The number of hydrogen-bond acceptors (Lipinski definition) is 3. The third-order valence-corrected chi connectivity index (χ3v) is 1.96. The van der Waals surface area contributed by atoms with Gasteiger partial charge in [0, 0.05) is 0 Å². The van der Waals surface area contributed by atoms with Gasteiger partial charge in [0.25, 0.3) is 0 Å². The molecular weight excluding hydrogens is 199 g/mol. The summed E-state index contributed by atoms with van der Waals surface area (Å²) in [5.74, 6) is -1.11. The predicted molar refractivity (Wildman–Crippen MR) is 54.1 cm³/mol. The Morgan fingerprint density at radius 3 is 2.60 bits per heavy atom. The first kappa shape index (κ1) is 11.4. The van der Waals surface area contributed by atoms with Crippen molar-refractivity contribution >= 4 is 11.8 Å². The minimum atomic E-state index is -0.948. The van der Waals surface area contributed by atoms with Gasteiger partial charge in [-0.25, -0.2) is 14.2 Å². The van der Waals surface area contributed by atoms with E-state index in [1.807, 2.05) is 0 Å². The highest BCUT2D eigenvalue weighted by atomic mass is 19.1. The fraction of sp³-hybridized carbons (Fsp3) is 0.400. The van der Waals surface area contributed by atoms with Gasteiger partial charge in [0.1, 0.15) is 17.7 Å². The molecule has 5 heteroatoms. The van der Waals surface area contributed by atoms with Crippen molar-refractivity contribution in [3.8, 4) is 0 Å². The molecule has 0 bridgehead atoms. The van der Waals surface area contributed by atoms with Gasteiger partial charge in [0.15, 0.2) is 0 Å². The summed E-state index contributed by atoms with van der Waals surface area (Å²) in [6.45, 7) is 3.57. The van der Waals surface area contributed by atoms with Gasteiger partial charge in [0.2, 0.25) is 0 Å². The summed E-state index contributed by atoms with van der Waals surface area (Å²) in [4.78, 5) is 14.6. The Morgan fingerprint density at radius 2 is 2.20 bits per heavy atom. The van der Waals surface area contributed by atoms with E-state index in [0.29, 0.717) is 5.82 Å². The number of aromatic nitrogens is 1. The van der Waals surface area contributed by atoms with Gasteiger partial charge in [-0.3, -0.25) is 0 Å². The smallest absolute Gasteiger partial charge is 0.326 e. The Morgan fingerprint density at radius 1 is 1.53 bits per heavy atom. The Balaban J connectivity index is 2.74. The number of pyridine rings is 1. The Kier molecular flexibility index (Phi) is 3.60. The summed E-state index contributed by atoms with van der Waals surface area (Å²) in [6.07, 6.45) is 1.04. The molecule has 0 saturated carbocycles. The third-order valence-electron chi connectivity index (χ3n) is 1.96. The second-order valence-corrected chi connectivity index (χ2v) is 3.57. The summed E-state index contributed by atoms with van der Waals surface area (Å²) in [5.41, 5.74) is 0. The first-order valence-electron chi connectivity index (χ1n) is 4.61. The van der Waals surface area contributed by atoms with Crippen LogP contribution in [0.3, 0.4) is 0 Å². The van der Waals surface area contributed by atoms with Gasteiger partial charge in [-0.15, -0.1) is 0 Å². The molecular formula is C10H13FN2O2. The zero-order chi connectivity index (χ0) is 11.4. The number of halogens is 1. The van der Waals surface area contributed by atoms with Crippen molar-refractivity contribution in [1.29, 1.82) is 0 Å².